The average molecular weight is 294 g/mol. The Morgan fingerprint density at radius 3 is 2.43 bits per heavy atom. The fourth-order valence-corrected chi connectivity index (χ4v) is 2.72. The summed E-state index contributed by atoms with van der Waals surface area (Å²) in [6.45, 7) is 0. The number of aromatic nitrogens is 1. The number of benzene rings is 2. The van der Waals surface area contributed by atoms with Crippen LogP contribution in [-0.4, -0.2) is 10.9 Å². The summed E-state index contributed by atoms with van der Waals surface area (Å²) in [6, 6.07) is 19.6. The fraction of sp³-hybridized carbons (Fsp3) is 0. The highest BCUT2D eigenvalue weighted by atomic mass is 32.2. The van der Waals surface area contributed by atoms with Gasteiger partial charge in [-0.05, 0) is 54.4 Å². The molecule has 3 nitrogen and oxygen atoms in total. The van der Waals surface area contributed by atoms with E-state index in [1.165, 1.54) is 11.9 Å². The van der Waals surface area contributed by atoms with E-state index in [1.54, 1.807) is 0 Å². The van der Waals surface area contributed by atoms with Crippen LogP contribution in [0.1, 0.15) is 10.4 Å². The highest BCUT2D eigenvalue weighted by Gasteiger charge is 2.06. The molecule has 0 bridgehead atoms. The van der Waals surface area contributed by atoms with Gasteiger partial charge in [-0.1, -0.05) is 18.2 Å². The number of hydrogen-bond acceptors (Lipinski definition) is 3. The number of nitrogens with one attached hydrogen (secondary N) is 1. The molecule has 0 saturated heterocycles. The molecule has 0 atom stereocenters. The smallest absolute Gasteiger partial charge is 0.150 e. The number of nitrogens with zero attached hydrogens (tertiary/aromatic N) is 1. The van der Waals surface area contributed by atoms with Crippen molar-refractivity contribution in [2.75, 3.05) is 4.72 Å². The predicted octanol–water partition coefficient (Wildman–Crippen LogP) is 4.41. The van der Waals surface area contributed by atoms with Crippen LogP contribution >= 0.6 is 11.9 Å². The molecule has 3 rings (SSSR count). The highest BCUT2D eigenvalue weighted by Crippen LogP contribution is 2.27. The molecule has 0 aliphatic heterocycles. The van der Waals surface area contributed by atoms with Gasteiger partial charge < -0.3 is 9.29 Å². The van der Waals surface area contributed by atoms with Crippen molar-refractivity contribution < 1.29 is 4.79 Å². The Labute approximate surface area is 127 Å². The summed E-state index contributed by atoms with van der Waals surface area (Å²) < 4.78 is 5.35. The molecule has 0 aliphatic carbocycles. The predicted molar refractivity (Wildman–Crippen MR) is 87.1 cm³/mol. The molecular formula is C17H14N2OS. The second kappa shape index (κ2) is 6.33. The quantitative estimate of drug-likeness (QED) is 0.559. The van der Waals surface area contributed by atoms with Gasteiger partial charge in [-0.3, -0.25) is 4.79 Å². The minimum absolute atomic E-state index is 0.655. The topological polar surface area (TPSA) is 34.0 Å². The first-order valence-electron chi connectivity index (χ1n) is 6.57. The first-order chi connectivity index (χ1) is 10.4. The van der Waals surface area contributed by atoms with Gasteiger partial charge in [-0.2, -0.15) is 0 Å². The van der Waals surface area contributed by atoms with Crippen molar-refractivity contribution in [3.63, 3.8) is 0 Å². The molecule has 0 aliphatic rings. The Kier molecular flexibility index (Phi) is 4.07. The van der Waals surface area contributed by atoms with Crippen molar-refractivity contribution in [3.05, 3.63) is 78.6 Å². The number of carbonyl (C=O) groups is 1. The van der Waals surface area contributed by atoms with Crippen LogP contribution in [0.3, 0.4) is 0 Å². The minimum atomic E-state index is 0.655. The summed E-state index contributed by atoms with van der Waals surface area (Å²) in [4.78, 5) is 12.1. The van der Waals surface area contributed by atoms with Crippen LogP contribution < -0.4 is 4.72 Å². The highest BCUT2D eigenvalue weighted by molar-refractivity contribution is 8.00. The number of carbonyl (C=O) groups excluding carboxylic acids is 1. The molecule has 0 spiro atoms. The third-order valence-corrected chi connectivity index (χ3v) is 3.89. The number of anilines is 1. The Bertz CT molecular complexity index is 724. The third kappa shape index (κ3) is 3.17. The molecule has 1 aromatic heterocycles. The zero-order chi connectivity index (χ0) is 14.5. The van der Waals surface area contributed by atoms with Crippen LogP contribution in [-0.2, 0) is 0 Å². The van der Waals surface area contributed by atoms with Gasteiger partial charge >= 0.3 is 0 Å². The Balaban J connectivity index is 1.90. The van der Waals surface area contributed by atoms with Gasteiger partial charge in [0.1, 0.15) is 6.29 Å². The third-order valence-electron chi connectivity index (χ3n) is 3.06. The maximum atomic E-state index is 11.0. The largest absolute Gasteiger partial charge is 0.324 e. The zero-order valence-corrected chi connectivity index (χ0v) is 12.1. The minimum Gasteiger partial charge on any atom is -0.324 e. The summed E-state index contributed by atoms with van der Waals surface area (Å²) in [5.74, 6) is 0. The second-order valence-corrected chi connectivity index (χ2v) is 5.38. The van der Waals surface area contributed by atoms with Crippen LogP contribution in [0.15, 0.2) is 78.0 Å². The Morgan fingerprint density at radius 1 is 0.952 bits per heavy atom. The molecule has 4 heteroatoms. The molecule has 0 radical (unpaired) electrons. The normalized spacial score (nSPS) is 10.3. The number of hydrogen-bond donors (Lipinski definition) is 1. The van der Waals surface area contributed by atoms with Crippen LogP contribution in [0, 0.1) is 0 Å². The summed E-state index contributed by atoms with van der Waals surface area (Å²) in [6.07, 6.45) is 4.82. The molecule has 3 aromatic rings. The lowest BCUT2D eigenvalue weighted by Crippen LogP contribution is -1.98. The van der Waals surface area contributed by atoms with Gasteiger partial charge in [0, 0.05) is 22.9 Å². The van der Waals surface area contributed by atoms with Crippen molar-refractivity contribution in [1.82, 2.24) is 4.57 Å². The van der Waals surface area contributed by atoms with Gasteiger partial charge in [0.15, 0.2) is 0 Å². The Hall–Kier alpha value is -2.46. The molecule has 21 heavy (non-hydrogen) atoms. The van der Waals surface area contributed by atoms with E-state index in [2.05, 4.69) is 4.72 Å². The van der Waals surface area contributed by atoms with Gasteiger partial charge in [-0.25, -0.2) is 0 Å². The van der Waals surface area contributed by atoms with Crippen molar-refractivity contribution in [2.24, 2.45) is 0 Å². The van der Waals surface area contributed by atoms with Crippen molar-refractivity contribution in [1.29, 1.82) is 0 Å². The van der Waals surface area contributed by atoms with Crippen LogP contribution in [0.2, 0.25) is 0 Å². The Morgan fingerprint density at radius 2 is 1.71 bits per heavy atom. The van der Waals surface area contributed by atoms with E-state index >= 15 is 0 Å². The first-order valence-corrected chi connectivity index (χ1v) is 7.39. The van der Waals surface area contributed by atoms with Crippen LogP contribution in [0.4, 0.5) is 5.69 Å². The van der Waals surface area contributed by atoms with E-state index in [0.717, 1.165) is 22.6 Å². The molecule has 2 aromatic carbocycles. The van der Waals surface area contributed by atoms with Gasteiger partial charge in [-0.15, -0.1) is 0 Å². The molecule has 1 N–H and O–H groups in total. The lowest BCUT2D eigenvalue weighted by molar-refractivity contribution is 0.112. The fourth-order valence-electron chi connectivity index (χ4n) is 2.03. The molecule has 0 unspecified atom stereocenters. The SMILES string of the molecule is O=Cc1ccc(-n2cccc2)c(NSc2ccccc2)c1. The van der Waals surface area contributed by atoms with Gasteiger partial charge in [0.2, 0.25) is 0 Å². The standard InChI is InChI=1S/C17H14N2OS/c20-13-14-8-9-17(19-10-4-5-11-19)16(12-14)18-21-15-6-2-1-3-7-15/h1-13,18H. The van der Waals surface area contributed by atoms with E-state index in [0.29, 0.717) is 5.56 Å². The van der Waals surface area contributed by atoms with Crippen molar-refractivity contribution in [3.8, 4) is 5.69 Å². The maximum absolute atomic E-state index is 11.0. The monoisotopic (exact) mass is 294 g/mol. The average Bonchev–Trinajstić information content (AvgIpc) is 3.08. The van der Waals surface area contributed by atoms with Crippen molar-refractivity contribution in [2.45, 2.75) is 4.90 Å². The molecule has 0 amide bonds. The molecule has 1 heterocycles. The summed E-state index contributed by atoms with van der Waals surface area (Å²) in [5.41, 5.74) is 2.57. The molecular weight excluding hydrogens is 280 g/mol. The number of rotatable bonds is 5. The van der Waals surface area contributed by atoms with Gasteiger partial charge in [0.25, 0.3) is 0 Å². The summed E-state index contributed by atoms with van der Waals surface area (Å²) >= 11 is 1.52. The van der Waals surface area contributed by atoms with Gasteiger partial charge in [0.05, 0.1) is 11.4 Å². The van der Waals surface area contributed by atoms with E-state index in [9.17, 15) is 4.79 Å². The lowest BCUT2D eigenvalue weighted by atomic mass is 10.2. The maximum Gasteiger partial charge on any atom is 0.150 e. The van der Waals surface area contributed by atoms with Crippen LogP contribution in [0.5, 0.6) is 0 Å². The van der Waals surface area contributed by atoms with E-state index < -0.39 is 0 Å². The van der Waals surface area contributed by atoms with Crippen LogP contribution in [0.25, 0.3) is 5.69 Å². The van der Waals surface area contributed by atoms with E-state index in [-0.39, 0.29) is 0 Å². The summed E-state index contributed by atoms with van der Waals surface area (Å²) in [5, 5.41) is 0. The molecule has 104 valence electrons. The first kappa shape index (κ1) is 13.5. The zero-order valence-electron chi connectivity index (χ0n) is 11.3. The molecule has 0 fully saturated rings. The lowest BCUT2D eigenvalue weighted by Gasteiger charge is -2.13. The van der Waals surface area contributed by atoms with E-state index in [1.807, 2.05) is 77.6 Å². The second-order valence-electron chi connectivity index (χ2n) is 4.50. The van der Waals surface area contributed by atoms with Crippen molar-refractivity contribution >= 4 is 23.9 Å². The summed E-state index contributed by atoms with van der Waals surface area (Å²) in [7, 11) is 0. The molecule has 0 saturated carbocycles. The van der Waals surface area contributed by atoms with E-state index in [4.69, 9.17) is 0 Å². The number of aldehydes is 1.